The van der Waals surface area contributed by atoms with E-state index in [9.17, 15) is 9.59 Å². The molecule has 1 heterocycles. The van der Waals surface area contributed by atoms with Gasteiger partial charge in [0.25, 0.3) is 5.91 Å². The summed E-state index contributed by atoms with van der Waals surface area (Å²) in [5, 5.41) is 5.15. The zero-order chi connectivity index (χ0) is 21.1. The van der Waals surface area contributed by atoms with Crippen LogP contribution in [0.25, 0.3) is 21.7 Å². The Morgan fingerprint density at radius 3 is 2.40 bits per heavy atom. The van der Waals surface area contributed by atoms with Crippen molar-refractivity contribution in [1.29, 1.82) is 0 Å². The first-order chi connectivity index (χ1) is 14.6. The molecule has 152 valence electrons. The molecule has 0 aliphatic rings. The Balaban J connectivity index is 1.83. The van der Waals surface area contributed by atoms with E-state index in [-0.39, 0.29) is 18.1 Å². The number of furan rings is 1. The third kappa shape index (κ3) is 3.48. The first-order valence-electron chi connectivity index (χ1n) is 9.78. The van der Waals surface area contributed by atoms with Gasteiger partial charge in [-0.3, -0.25) is 4.79 Å². The molecule has 0 fully saturated rings. The van der Waals surface area contributed by atoms with E-state index in [1.807, 2.05) is 43.3 Å². The summed E-state index contributed by atoms with van der Waals surface area (Å²) in [5.74, 6) is -0.594. The van der Waals surface area contributed by atoms with Crippen molar-refractivity contribution < 1.29 is 23.5 Å². The first-order valence-corrected chi connectivity index (χ1v) is 9.78. The summed E-state index contributed by atoms with van der Waals surface area (Å²) in [5.41, 5.74) is 1.17. The largest absolute Gasteiger partial charge is 0.493 e. The molecule has 6 heteroatoms. The molecule has 0 saturated carbocycles. The van der Waals surface area contributed by atoms with Crippen LogP contribution in [0.3, 0.4) is 0 Å². The number of hydrogen-bond acceptors (Lipinski definition) is 5. The quantitative estimate of drug-likeness (QED) is 0.435. The highest BCUT2D eigenvalue weighted by Gasteiger charge is 2.25. The minimum Gasteiger partial charge on any atom is -0.493 e. The van der Waals surface area contributed by atoms with Crippen molar-refractivity contribution >= 4 is 39.3 Å². The van der Waals surface area contributed by atoms with Gasteiger partial charge in [-0.15, -0.1) is 0 Å². The zero-order valence-electron chi connectivity index (χ0n) is 16.7. The van der Waals surface area contributed by atoms with Gasteiger partial charge in [0.15, 0.2) is 0 Å². The Hall–Kier alpha value is -3.80. The highest BCUT2D eigenvalue weighted by atomic mass is 16.5. The number of para-hydroxylation sites is 1. The van der Waals surface area contributed by atoms with Crippen LogP contribution in [0.5, 0.6) is 5.75 Å². The van der Waals surface area contributed by atoms with Crippen LogP contribution in [0.4, 0.5) is 5.69 Å². The monoisotopic (exact) mass is 403 g/mol. The average molecular weight is 403 g/mol. The van der Waals surface area contributed by atoms with E-state index in [0.29, 0.717) is 28.9 Å². The maximum absolute atomic E-state index is 13.4. The van der Waals surface area contributed by atoms with Crippen molar-refractivity contribution in [2.24, 2.45) is 0 Å². The Labute approximate surface area is 173 Å². The van der Waals surface area contributed by atoms with E-state index in [0.717, 1.165) is 10.8 Å². The summed E-state index contributed by atoms with van der Waals surface area (Å²) in [6, 6.07) is 18.4. The number of benzene rings is 3. The van der Waals surface area contributed by atoms with Crippen molar-refractivity contribution in [2.75, 3.05) is 18.5 Å². The second kappa shape index (κ2) is 8.29. The molecule has 0 bridgehead atoms. The molecule has 0 radical (unpaired) electrons. The maximum atomic E-state index is 13.4. The van der Waals surface area contributed by atoms with Gasteiger partial charge in [-0.05, 0) is 42.8 Å². The summed E-state index contributed by atoms with van der Waals surface area (Å²) >= 11 is 0. The minimum absolute atomic E-state index is 0.0374. The van der Waals surface area contributed by atoms with Crippen LogP contribution in [-0.2, 0) is 4.74 Å². The van der Waals surface area contributed by atoms with Gasteiger partial charge in [0, 0.05) is 5.39 Å². The lowest BCUT2D eigenvalue weighted by Crippen LogP contribution is -2.16. The summed E-state index contributed by atoms with van der Waals surface area (Å²) < 4.78 is 16.5. The molecule has 0 aliphatic heterocycles. The summed E-state index contributed by atoms with van der Waals surface area (Å²) in [6.45, 7) is 4.19. The van der Waals surface area contributed by atoms with E-state index < -0.39 is 11.9 Å². The number of hydrogen-bond donors (Lipinski definition) is 1. The lowest BCUT2D eigenvalue weighted by Gasteiger charge is -2.13. The number of fused-ring (bicyclic) bond motifs is 2. The first kappa shape index (κ1) is 19.5. The molecule has 0 spiro atoms. The Kier molecular flexibility index (Phi) is 5.39. The third-order valence-corrected chi connectivity index (χ3v) is 4.71. The lowest BCUT2D eigenvalue weighted by atomic mass is 10.0. The number of carbonyl (C=O) groups is 2. The van der Waals surface area contributed by atoms with E-state index >= 15 is 0 Å². The molecule has 1 N–H and O–H groups in total. The molecule has 1 aromatic heterocycles. The predicted molar refractivity (Wildman–Crippen MR) is 115 cm³/mol. The number of anilines is 1. The van der Waals surface area contributed by atoms with Crippen LogP contribution < -0.4 is 10.1 Å². The zero-order valence-corrected chi connectivity index (χ0v) is 16.7. The molecule has 6 nitrogen and oxygen atoms in total. The number of nitrogens with one attached hydrogen (secondary N) is 1. The number of esters is 1. The number of carbonyl (C=O) groups excluding carboxylic acids is 2. The summed E-state index contributed by atoms with van der Waals surface area (Å²) in [4.78, 5) is 25.9. The van der Waals surface area contributed by atoms with Gasteiger partial charge in [-0.25, -0.2) is 4.79 Å². The van der Waals surface area contributed by atoms with E-state index in [4.69, 9.17) is 13.9 Å². The average Bonchev–Trinajstić information content (AvgIpc) is 3.12. The summed E-state index contributed by atoms with van der Waals surface area (Å²) in [6.07, 6.45) is 0. The number of amides is 1. The highest BCUT2D eigenvalue weighted by Crippen LogP contribution is 2.34. The van der Waals surface area contributed by atoms with Gasteiger partial charge in [-0.1, -0.05) is 42.5 Å². The van der Waals surface area contributed by atoms with Crippen LogP contribution in [-0.4, -0.2) is 25.1 Å². The smallest absolute Gasteiger partial charge is 0.376 e. The third-order valence-electron chi connectivity index (χ3n) is 4.71. The summed E-state index contributed by atoms with van der Waals surface area (Å²) in [7, 11) is 0. The van der Waals surface area contributed by atoms with E-state index in [2.05, 4.69) is 5.32 Å². The van der Waals surface area contributed by atoms with Crippen LogP contribution in [0.15, 0.2) is 65.1 Å². The number of rotatable bonds is 6. The van der Waals surface area contributed by atoms with Crippen molar-refractivity contribution in [3.63, 3.8) is 0 Å². The van der Waals surface area contributed by atoms with Gasteiger partial charge < -0.3 is 19.2 Å². The Morgan fingerprint density at radius 2 is 1.63 bits per heavy atom. The molecule has 30 heavy (non-hydrogen) atoms. The van der Waals surface area contributed by atoms with Crippen LogP contribution in [0.2, 0.25) is 0 Å². The van der Waals surface area contributed by atoms with Crippen molar-refractivity contribution in [2.45, 2.75) is 13.8 Å². The molecule has 4 rings (SSSR count). The lowest BCUT2D eigenvalue weighted by molar-refractivity contribution is 0.0494. The fourth-order valence-corrected chi connectivity index (χ4v) is 3.45. The van der Waals surface area contributed by atoms with Gasteiger partial charge in [0.05, 0.1) is 18.8 Å². The SMILES string of the molecule is CCOC(=O)c1oc2ccccc2c1NC(=O)c1c(OCC)ccc2ccccc12. The molecule has 0 saturated heterocycles. The predicted octanol–water partition coefficient (Wildman–Crippen LogP) is 5.41. The number of ether oxygens (including phenoxy) is 2. The molecule has 1 amide bonds. The van der Waals surface area contributed by atoms with Crippen LogP contribution >= 0.6 is 0 Å². The van der Waals surface area contributed by atoms with Crippen LogP contribution in [0, 0.1) is 0 Å². The fourth-order valence-electron chi connectivity index (χ4n) is 3.45. The Bertz CT molecular complexity index is 1240. The Morgan fingerprint density at radius 1 is 0.900 bits per heavy atom. The van der Waals surface area contributed by atoms with E-state index in [1.165, 1.54) is 0 Å². The maximum Gasteiger partial charge on any atom is 0.376 e. The van der Waals surface area contributed by atoms with Crippen molar-refractivity contribution in [1.82, 2.24) is 0 Å². The molecular formula is C24H21NO5. The molecule has 0 atom stereocenters. The molecule has 0 unspecified atom stereocenters. The van der Waals surface area contributed by atoms with Crippen molar-refractivity contribution in [3.05, 3.63) is 72.0 Å². The van der Waals surface area contributed by atoms with E-state index in [1.54, 1.807) is 31.2 Å². The van der Waals surface area contributed by atoms with Crippen molar-refractivity contribution in [3.8, 4) is 5.75 Å². The molecule has 3 aromatic carbocycles. The minimum atomic E-state index is -0.632. The van der Waals surface area contributed by atoms with Gasteiger partial charge in [0.2, 0.25) is 5.76 Å². The standard InChI is InChI=1S/C24H21NO5/c1-3-28-19-14-13-15-9-5-6-10-16(15)20(19)23(26)25-21-17-11-7-8-12-18(17)30-22(21)24(27)29-4-2/h5-14H,3-4H2,1-2H3,(H,25,26). The molecule has 0 aliphatic carbocycles. The van der Waals surface area contributed by atoms with Gasteiger partial charge in [-0.2, -0.15) is 0 Å². The van der Waals surface area contributed by atoms with Gasteiger partial charge >= 0.3 is 5.97 Å². The molecule has 4 aromatic rings. The van der Waals surface area contributed by atoms with Gasteiger partial charge in [0.1, 0.15) is 17.0 Å². The second-order valence-electron chi connectivity index (χ2n) is 6.57. The molecular weight excluding hydrogens is 382 g/mol. The van der Waals surface area contributed by atoms with Crippen LogP contribution in [0.1, 0.15) is 34.8 Å². The highest BCUT2D eigenvalue weighted by molar-refractivity contribution is 6.19. The topological polar surface area (TPSA) is 77.8 Å². The normalized spacial score (nSPS) is 10.9. The second-order valence-corrected chi connectivity index (χ2v) is 6.57. The fraction of sp³-hybridized carbons (Fsp3) is 0.167.